The standard InChI is InChI=1S/C11H15N3O/c1-8-12-11(15-13-8)6-10-7-14-4-2-9(10)3-5-14/h6,9H,2-5,7H2,1H3/b10-6-. The molecular weight excluding hydrogens is 190 g/mol. The summed E-state index contributed by atoms with van der Waals surface area (Å²) < 4.78 is 5.12. The molecule has 0 amide bonds. The Balaban J connectivity index is 1.85. The van der Waals surface area contributed by atoms with Crippen LogP contribution in [0.3, 0.4) is 0 Å². The smallest absolute Gasteiger partial charge is 0.250 e. The highest BCUT2D eigenvalue weighted by Gasteiger charge is 2.29. The van der Waals surface area contributed by atoms with Crippen molar-refractivity contribution in [3.63, 3.8) is 0 Å². The number of hydrogen-bond donors (Lipinski definition) is 0. The van der Waals surface area contributed by atoms with Crippen LogP contribution in [0.2, 0.25) is 0 Å². The van der Waals surface area contributed by atoms with Crippen molar-refractivity contribution in [2.75, 3.05) is 19.6 Å². The summed E-state index contributed by atoms with van der Waals surface area (Å²) in [6.45, 7) is 5.45. The fourth-order valence-corrected chi connectivity index (χ4v) is 2.54. The fraction of sp³-hybridized carbons (Fsp3) is 0.636. The van der Waals surface area contributed by atoms with Gasteiger partial charge in [-0.2, -0.15) is 4.98 Å². The second-order valence-electron chi connectivity index (χ2n) is 4.45. The zero-order valence-electron chi connectivity index (χ0n) is 8.94. The molecule has 15 heavy (non-hydrogen) atoms. The summed E-state index contributed by atoms with van der Waals surface area (Å²) in [7, 11) is 0. The van der Waals surface area contributed by atoms with Gasteiger partial charge in [0.2, 0.25) is 0 Å². The molecule has 0 unspecified atom stereocenters. The van der Waals surface area contributed by atoms with E-state index in [1.54, 1.807) is 0 Å². The number of nitrogens with zero attached hydrogens (tertiary/aromatic N) is 3. The van der Waals surface area contributed by atoms with Crippen molar-refractivity contribution < 1.29 is 4.52 Å². The van der Waals surface area contributed by atoms with Gasteiger partial charge in [0.1, 0.15) is 0 Å². The summed E-state index contributed by atoms with van der Waals surface area (Å²) in [5.74, 6) is 2.13. The molecule has 0 N–H and O–H groups in total. The molecule has 0 radical (unpaired) electrons. The highest BCUT2D eigenvalue weighted by atomic mass is 16.5. The average molecular weight is 205 g/mol. The molecule has 0 atom stereocenters. The largest absolute Gasteiger partial charge is 0.335 e. The Labute approximate surface area is 89.0 Å². The number of piperidine rings is 3. The van der Waals surface area contributed by atoms with Crippen molar-refractivity contribution in [2.24, 2.45) is 5.92 Å². The van der Waals surface area contributed by atoms with Crippen LogP contribution in [0, 0.1) is 12.8 Å². The molecule has 4 heterocycles. The van der Waals surface area contributed by atoms with E-state index in [-0.39, 0.29) is 0 Å². The molecule has 4 heteroatoms. The molecule has 1 aromatic rings. The van der Waals surface area contributed by atoms with E-state index in [9.17, 15) is 0 Å². The summed E-state index contributed by atoms with van der Waals surface area (Å²) in [5, 5.41) is 3.80. The third kappa shape index (κ3) is 1.69. The highest BCUT2D eigenvalue weighted by Crippen LogP contribution is 2.32. The molecule has 1 aromatic heterocycles. The molecule has 4 nitrogen and oxygen atoms in total. The lowest BCUT2D eigenvalue weighted by atomic mass is 9.83. The van der Waals surface area contributed by atoms with Gasteiger partial charge < -0.3 is 4.52 Å². The zero-order chi connectivity index (χ0) is 10.3. The average Bonchev–Trinajstić information content (AvgIpc) is 2.66. The van der Waals surface area contributed by atoms with E-state index in [4.69, 9.17) is 4.52 Å². The fourth-order valence-electron chi connectivity index (χ4n) is 2.54. The minimum atomic E-state index is 0.663. The van der Waals surface area contributed by atoms with Crippen molar-refractivity contribution in [1.29, 1.82) is 0 Å². The SMILES string of the molecule is Cc1noc(/C=C2/CN3CCC2CC3)n1. The van der Waals surface area contributed by atoms with Crippen LogP contribution in [0.4, 0.5) is 0 Å². The van der Waals surface area contributed by atoms with Crippen LogP contribution in [0.1, 0.15) is 24.6 Å². The van der Waals surface area contributed by atoms with Gasteiger partial charge in [-0.05, 0) is 44.3 Å². The topological polar surface area (TPSA) is 42.2 Å². The van der Waals surface area contributed by atoms with Gasteiger partial charge in [-0.3, -0.25) is 4.90 Å². The van der Waals surface area contributed by atoms with Gasteiger partial charge in [-0.15, -0.1) is 0 Å². The summed E-state index contributed by atoms with van der Waals surface area (Å²) >= 11 is 0. The van der Waals surface area contributed by atoms with Crippen LogP contribution in [0.25, 0.3) is 6.08 Å². The first-order valence-corrected chi connectivity index (χ1v) is 5.54. The third-order valence-corrected chi connectivity index (χ3v) is 3.37. The number of fused-ring (bicyclic) bond motifs is 3. The summed E-state index contributed by atoms with van der Waals surface area (Å²) in [4.78, 5) is 6.71. The Bertz CT molecular complexity index is 388. The van der Waals surface area contributed by atoms with Gasteiger partial charge >= 0.3 is 0 Å². The van der Waals surface area contributed by atoms with E-state index < -0.39 is 0 Å². The van der Waals surface area contributed by atoms with Gasteiger partial charge in [0.15, 0.2) is 5.82 Å². The first kappa shape index (κ1) is 9.09. The number of aryl methyl sites for hydroxylation is 1. The molecule has 3 aliphatic heterocycles. The molecule has 2 bridgehead atoms. The maximum atomic E-state index is 5.12. The van der Waals surface area contributed by atoms with Crippen LogP contribution in [-0.4, -0.2) is 34.7 Å². The quantitative estimate of drug-likeness (QED) is 0.696. The Kier molecular flexibility index (Phi) is 2.09. The van der Waals surface area contributed by atoms with Gasteiger partial charge in [-0.1, -0.05) is 5.16 Å². The van der Waals surface area contributed by atoms with Crippen molar-refractivity contribution in [3.8, 4) is 0 Å². The molecule has 3 saturated heterocycles. The predicted molar refractivity (Wildman–Crippen MR) is 56.2 cm³/mol. The number of aromatic nitrogens is 2. The lowest BCUT2D eigenvalue weighted by Gasteiger charge is -2.40. The van der Waals surface area contributed by atoms with Crippen molar-refractivity contribution >= 4 is 6.08 Å². The maximum absolute atomic E-state index is 5.12. The van der Waals surface area contributed by atoms with Gasteiger partial charge in [-0.25, -0.2) is 0 Å². The van der Waals surface area contributed by atoms with E-state index >= 15 is 0 Å². The highest BCUT2D eigenvalue weighted by molar-refractivity contribution is 5.46. The normalized spacial score (nSPS) is 32.5. The summed E-state index contributed by atoms with van der Waals surface area (Å²) in [6.07, 6.45) is 4.66. The molecule has 0 spiro atoms. The second kappa shape index (κ2) is 3.45. The van der Waals surface area contributed by atoms with Crippen molar-refractivity contribution in [2.45, 2.75) is 19.8 Å². The van der Waals surface area contributed by atoms with Crippen molar-refractivity contribution in [1.82, 2.24) is 15.0 Å². The van der Waals surface area contributed by atoms with Crippen LogP contribution < -0.4 is 0 Å². The molecule has 4 rings (SSSR count). The summed E-state index contributed by atoms with van der Waals surface area (Å²) in [6, 6.07) is 0. The van der Waals surface area contributed by atoms with Crippen LogP contribution in [0.5, 0.6) is 0 Å². The van der Waals surface area contributed by atoms with E-state index in [2.05, 4.69) is 21.1 Å². The Morgan fingerprint density at radius 2 is 2.20 bits per heavy atom. The third-order valence-electron chi connectivity index (χ3n) is 3.37. The molecule has 3 fully saturated rings. The number of rotatable bonds is 1. The Morgan fingerprint density at radius 1 is 1.40 bits per heavy atom. The molecule has 0 aliphatic carbocycles. The lowest BCUT2D eigenvalue weighted by molar-refractivity contribution is 0.163. The Morgan fingerprint density at radius 3 is 2.73 bits per heavy atom. The van der Waals surface area contributed by atoms with Crippen LogP contribution in [0.15, 0.2) is 10.1 Å². The molecule has 80 valence electrons. The minimum Gasteiger partial charge on any atom is -0.335 e. The van der Waals surface area contributed by atoms with Gasteiger partial charge in [0.05, 0.1) is 0 Å². The zero-order valence-corrected chi connectivity index (χ0v) is 8.94. The lowest BCUT2D eigenvalue weighted by Crippen LogP contribution is -2.42. The first-order chi connectivity index (χ1) is 7.31. The van der Waals surface area contributed by atoms with E-state index in [1.165, 1.54) is 31.5 Å². The van der Waals surface area contributed by atoms with E-state index in [1.807, 2.05) is 6.92 Å². The van der Waals surface area contributed by atoms with Crippen LogP contribution in [-0.2, 0) is 0 Å². The predicted octanol–water partition coefficient (Wildman–Crippen LogP) is 1.49. The van der Waals surface area contributed by atoms with Gasteiger partial charge in [0, 0.05) is 12.6 Å². The molecule has 0 saturated carbocycles. The van der Waals surface area contributed by atoms with E-state index in [0.29, 0.717) is 11.7 Å². The molecule has 3 aliphatic rings. The second-order valence-corrected chi connectivity index (χ2v) is 4.45. The number of hydrogen-bond acceptors (Lipinski definition) is 4. The van der Waals surface area contributed by atoms with Crippen molar-refractivity contribution in [3.05, 3.63) is 17.3 Å². The first-order valence-electron chi connectivity index (χ1n) is 5.54. The van der Waals surface area contributed by atoms with E-state index in [0.717, 1.165) is 12.5 Å². The summed E-state index contributed by atoms with van der Waals surface area (Å²) in [5.41, 5.74) is 1.47. The monoisotopic (exact) mass is 205 g/mol. The Hall–Kier alpha value is -1.16. The van der Waals surface area contributed by atoms with Crippen LogP contribution >= 0.6 is 0 Å². The molecular formula is C11H15N3O. The van der Waals surface area contributed by atoms with Gasteiger partial charge in [0.25, 0.3) is 5.89 Å². The molecule has 0 aromatic carbocycles. The maximum Gasteiger partial charge on any atom is 0.250 e. The minimum absolute atomic E-state index is 0.663.